The van der Waals surface area contributed by atoms with E-state index in [2.05, 4.69) is 0 Å². The van der Waals surface area contributed by atoms with Gasteiger partial charge in [-0.2, -0.15) is 13.2 Å². The van der Waals surface area contributed by atoms with Gasteiger partial charge in [0.2, 0.25) is 0 Å². The molecule has 0 aliphatic rings. The summed E-state index contributed by atoms with van der Waals surface area (Å²) in [7, 11) is 0. The van der Waals surface area contributed by atoms with Gasteiger partial charge in [-0.15, -0.1) is 0 Å². The third-order valence-corrected chi connectivity index (χ3v) is 2.66. The molecule has 2 rings (SSSR count). The van der Waals surface area contributed by atoms with Crippen molar-refractivity contribution in [2.24, 2.45) is 5.73 Å². The van der Waals surface area contributed by atoms with E-state index in [4.69, 9.17) is 15.9 Å². The molecule has 0 fully saturated rings. The Morgan fingerprint density at radius 1 is 1.00 bits per heavy atom. The topological polar surface area (TPSA) is 59.1 Å². The third-order valence-electron chi connectivity index (χ3n) is 2.66. The Hall–Kier alpha value is -2.57. The Kier molecular flexibility index (Phi) is 3.84. The van der Waals surface area contributed by atoms with Crippen molar-refractivity contribution in [3.63, 3.8) is 0 Å². The number of nitrogen functional groups attached to an aromatic ring is 1. The van der Waals surface area contributed by atoms with Gasteiger partial charge in [-0.1, -0.05) is 18.2 Å². The number of halogens is 4. The van der Waals surface area contributed by atoms with Gasteiger partial charge in [0, 0.05) is 0 Å². The first-order chi connectivity index (χ1) is 9.80. The molecule has 2 aromatic carbocycles. The average Bonchev–Trinajstić information content (AvgIpc) is 2.37. The van der Waals surface area contributed by atoms with Crippen LogP contribution in [0.4, 0.5) is 17.6 Å². The summed E-state index contributed by atoms with van der Waals surface area (Å²) in [5.41, 5.74) is 3.86. The van der Waals surface area contributed by atoms with E-state index in [0.717, 1.165) is 18.2 Å². The quantitative estimate of drug-likeness (QED) is 0.512. The van der Waals surface area contributed by atoms with E-state index in [9.17, 15) is 17.6 Å². The van der Waals surface area contributed by atoms with Crippen LogP contribution in [0.1, 0.15) is 11.1 Å². The van der Waals surface area contributed by atoms with Crippen LogP contribution in [0.3, 0.4) is 0 Å². The minimum Gasteiger partial charge on any atom is -0.456 e. The van der Waals surface area contributed by atoms with Crippen LogP contribution in [0.15, 0.2) is 42.5 Å². The molecule has 0 aliphatic heterocycles. The van der Waals surface area contributed by atoms with Crippen LogP contribution >= 0.6 is 0 Å². The maximum atomic E-state index is 13.6. The van der Waals surface area contributed by atoms with Crippen LogP contribution < -0.4 is 10.5 Å². The van der Waals surface area contributed by atoms with E-state index < -0.39 is 29.1 Å². The summed E-state index contributed by atoms with van der Waals surface area (Å²) in [6.45, 7) is 0. The maximum absolute atomic E-state index is 13.6. The molecule has 3 nitrogen and oxygen atoms in total. The first-order valence-corrected chi connectivity index (χ1v) is 5.77. The molecular formula is C14H10F4N2O. The zero-order valence-electron chi connectivity index (χ0n) is 10.5. The van der Waals surface area contributed by atoms with Crippen LogP contribution in [0.5, 0.6) is 11.5 Å². The Labute approximate surface area is 117 Å². The van der Waals surface area contributed by atoms with Gasteiger partial charge in [0.05, 0.1) is 11.1 Å². The fraction of sp³-hybridized carbons (Fsp3) is 0.0714. The van der Waals surface area contributed by atoms with Gasteiger partial charge >= 0.3 is 6.18 Å². The van der Waals surface area contributed by atoms with E-state index in [1.165, 1.54) is 24.3 Å². The highest BCUT2D eigenvalue weighted by Gasteiger charge is 2.34. The number of rotatable bonds is 3. The normalized spacial score (nSPS) is 11.2. The molecule has 7 heteroatoms. The minimum atomic E-state index is -4.61. The van der Waals surface area contributed by atoms with E-state index in [1.807, 2.05) is 0 Å². The molecule has 0 amide bonds. The maximum Gasteiger partial charge on any atom is 0.419 e. The molecule has 0 atom stereocenters. The molecule has 0 spiro atoms. The number of alkyl halides is 3. The summed E-state index contributed by atoms with van der Waals surface area (Å²) in [6.07, 6.45) is -4.61. The van der Waals surface area contributed by atoms with E-state index >= 15 is 0 Å². The average molecular weight is 298 g/mol. The summed E-state index contributed by atoms with van der Waals surface area (Å²) in [4.78, 5) is 0. The highest BCUT2D eigenvalue weighted by atomic mass is 19.4. The summed E-state index contributed by atoms with van der Waals surface area (Å²) < 4.78 is 57.3. The largest absolute Gasteiger partial charge is 0.456 e. The molecule has 21 heavy (non-hydrogen) atoms. The molecule has 3 N–H and O–H groups in total. The highest BCUT2D eigenvalue weighted by Crippen LogP contribution is 2.38. The lowest BCUT2D eigenvalue weighted by molar-refractivity contribution is -0.138. The van der Waals surface area contributed by atoms with Crippen molar-refractivity contribution >= 4 is 5.84 Å². The number of amidine groups is 1. The fourth-order valence-electron chi connectivity index (χ4n) is 1.76. The molecule has 0 aromatic heterocycles. The Morgan fingerprint density at radius 3 is 2.24 bits per heavy atom. The van der Waals surface area contributed by atoms with Gasteiger partial charge in [-0.05, 0) is 24.3 Å². The lowest BCUT2D eigenvalue weighted by Crippen LogP contribution is -2.15. The molecule has 0 heterocycles. The lowest BCUT2D eigenvalue weighted by atomic mass is 10.1. The van der Waals surface area contributed by atoms with Gasteiger partial charge in [-0.25, -0.2) is 4.39 Å². The molecule has 0 bridgehead atoms. The zero-order valence-corrected chi connectivity index (χ0v) is 10.5. The van der Waals surface area contributed by atoms with E-state index in [-0.39, 0.29) is 11.3 Å². The Balaban J connectivity index is 2.50. The molecule has 0 aliphatic carbocycles. The monoisotopic (exact) mass is 298 g/mol. The number of hydrogen-bond acceptors (Lipinski definition) is 2. The summed E-state index contributed by atoms with van der Waals surface area (Å²) in [5.74, 6) is -2.21. The Morgan fingerprint density at radius 2 is 1.62 bits per heavy atom. The summed E-state index contributed by atoms with van der Waals surface area (Å²) in [6, 6.07) is 8.07. The van der Waals surface area contributed by atoms with Crippen molar-refractivity contribution < 1.29 is 22.3 Å². The van der Waals surface area contributed by atoms with Gasteiger partial charge in [0.1, 0.15) is 23.2 Å². The fourth-order valence-corrected chi connectivity index (χ4v) is 1.76. The van der Waals surface area contributed by atoms with Crippen LogP contribution in [0.25, 0.3) is 0 Å². The van der Waals surface area contributed by atoms with Crippen LogP contribution in [-0.4, -0.2) is 5.84 Å². The van der Waals surface area contributed by atoms with E-state index in [0.29, 0.717) is 0 Å². The third kappa shape index (κ3) is 3.13. The molecule has 2 aromatic rings. The molecule has 0 unspecified atom stereocenters. The van der Waals surface area contributed by atoms with Crippen molar-refractivity contribution in [1.29, 1.82) is 5.41 Å². The summed E-state index contributed by atoms with van der Waals surface area (Å²) in [5, 5.41) is 7.29. The van der Waals surface area contributed by atoms with Gasteiger partial charge in [-0.3, -0.25) is 5.41 Å². The second kappa shape index (κ2) is 5.43. The number of benzene rings is 2. The van der Waals surface area contributed by atoms with Gasteiger partial charge < -0.3 is 10.5 Å². The second-order valence-electron chi connectivity index (χ2n) is 4.12. The number of nitrogens with two attached hydrogens (primary N) is 1. The second-order valence-corrected chi connectivity index (χ2v) is 4.12. The molecule has 0 saturated carbocycles. The molecule has 110 valence electrons. The van der Waals surface area contributed by atoms with Crippen molar-refractivity contribution in [3.8, 4) is 11.5 Å². The van der Waals surface area contributed by atoms with Crippen molar-refractivity contribution in [2.45, 2.75) is 6.18 Å². The lowest BCUT2D eigenvalue weighted by Gasteiger charge is -2.15. The summed E-state index contributed by atoms with van der Waals surface area (Å²) >= 11 is 0. The number of para-hydroxylation sites is 1. The zero-order chi connectivity index (χ0) is 15.6. The molecule has 0 saturated heterocycles. The predicted octanol–water partition coefficient (Wildman–Crippen LogP) is 3.92. The van der Waals surface area contributed by atoms with E-state index in [1.54, 1.807) is 0 Å². The van der Waals surface area contributed by atoms with Crippen LogP contribution in [0, 0.1) is 11.2 Å². The number of ether oxygens (including phenoxy) is 1. The van der Waals surface area contributed by atoms with Crippen molar-refractivity contribution in [1.82, 2.24) is 0 Å². The smallest absolute Gasteiger partial charge is 0.419 e. The van der Waals surface area contributed by atoms with Gasteiger partial charge in [0.25, 0.3) is 0 Å². The van der Waals surface area contributed by atoms with Gasteiger partial charge in [0.15, 0.2) is 0 Å². The SMILES string of the molecule is N=C(N)c1c(F)cccc1Oc1ccccc1C(F)(F)F. The number of hydrogen-bond donors (Lipinski definition) is 2. The predicted molar refractivity (Wildman–Crippen MR) is 68.9 cm³/mol. The Bertz CT molecular complexity index is 683. The van der Waals surface area contributed by atoms with Crippen molar-refractivity contribution in [2.75, 3.05) is 0 Å². The minimum absolute atomic E-state index is 0.251. The van der Waals surface area contributed by atoms with Crippen LogP contribution in [0.2, 0.25) is 0 Å². The molecule has 0 radical (unpaired) electrons. The molecular weight excluding hydrogens is 288 g/mol. The first-order valence-electron chi connectivity index (χ1n) is 5.77. The highest BCUT2D eigenvalue weighted by molar-refractivity contribution is 5.98. The van der Waals surface area contributed by atoms with Crippen molar-refractivity contribution in [3.05, 3.63) is 59.4 Å². The number of nitrogens with one attached hydrogen (secondary N) is 1. The standard InChI is InChI=1S/C14H10F4N2O/c15-9-5-3-7-11(12(9)13(19)20)21-10-6-2-1-4-8(10)14(16,17)18/h1-7H,(H3,19,20). The first kappa shape index (κ1) is 14.8. The van der Waals surface area contributed by atoms with Crippen LogP contribution in [-0.2, 0) is 6.18 Å².